The topological polar surface area (TPSA) is 39.7 Å². The number of hydrogen-bond donors (Lipinski definition) is 1. The van der Waals surface area contributed by atoms with Gasteiger partial charge in [-0.3, -0.25) is 0 Å². The second-order valence-electron chi connectivity index (χ2n) is 6.07. The van der Waals surface area contributed by atoms with Crippen molar-refractivity contribution in [1.82, 2.24) is 0 Å². The third-order valence-electron chi connectivity index (χ3n) is 4.17. The van der Waals surface area contributed by atoms with Crippen molar-refractivity contribution >= 4 is 41.4 Å². The predicted molar refractivity (Wildman–Crippen MR) is 122 cm³/mol. The van der Waals surface area contributed by atoms with Crippen molar-refractivity contribution in [3.63, 3.8) is 0 Å². The summed E-state index contributed by atoms with van der Waals surface area (Å²) in [6.07, 6.45) is 4.05. The highest BCUT2D eigenvalue weighted by atomic mass is 35.5. The molecule has 1 N–H and O–H groups in total. The van der Waals surface area contributed by atoms with Gasteiger partial charge in [-0.15, -0.1) is 0 Å². The molecule has 29 heavy (non-hydrogen) atoms. The van der Waals surface area contributed by atoms with Crippen molar-refractivity contribution in [1.29, 1.82) is 0 Å². The van der Waals surface area contributed by atoms with Crippen LogP contribution in [-0.2, 0) is 0 Å². The van der Waals surface area contributed by atoms with Gasteiger partial charge in [0.2, 0.25) is 5.75 Å². The van der Waals surface area contributed by atoms with Gasteiger partial charge in [0, 0.05) is 15.6 Å². The minimum absolute atomic E-state index is 0.584. The Morgan fingerprint density at radius 2 is 1.34 bits per heavy atom. The lowest BCUT2D eigenvalue weighted by Crippen LogP contribution is -1.95. The molecule has 0 radical (unpaired) electrons. The molecule has 0 heterocycles. The Labute approximate surface area is 180 Å². The average Bonchev–Trinajstić information content (AvgIpc) is 2.77. The van der Waals surface area contributed by atoms with E-state index in [2.05, 4.69) is 16.9 Å². The normalized spacial score (nSPS) is 10.8. The third kappa shape index (κ3) is 5.62. The molecule has 3 rings (SSSR count). The number of nitrogens with one attached hydrogen (secondary N) is 1. The molecule has 3 aromatic rings. The zero-order valence-electron chi connectivity index (χ0n) is 16.4. The average molecular weight is 428 g/mol. The van der Waals surface area contributed by atoms with E-state index in [1.54, 1.807) is 33.3 Å². The molecule has 4 nitrogen and oxygen atoms in total. The first-order valence-electron chi connectivity index (χ1n) is 8.89. The number of methoxy groups -OCH3 is 3. The fourth-order valence-electron chi connectivity index (χ4n) is 2.67. The van der Waals surface area contributed by atoms with Gasteiger partial charge in [0.05, 0.1) is 21.3 Å². The molecule has 0 amide bonds. The highest BCUT2D eigenvalue weighted by Gasteiger charge is 2.11. The minimum Gasteiger partial charge on any atom is -0.493 e. The Kier molecular flexibility index (Phi) is 7.33. The van der Waals surface area contributed by atoms with Crippen molar-refractivity contribution in [2.45, 2.75) is 4.90 Å². The molecule has 0 aliphatic rings. The van der Waals surface area contributed by atoms with Gasteiger partial charge < -0.3 is 18.9 Å². The molecular weight excluding hydrogens is 406 g/mol. The van der Waals surface area contributed by atoms with Crippen LogP contribution in [0.15, 0.2) is 65.6 Å². The van der Waals surface area contributed by atoms with Crippen LogP contribution in [0.4, 0.5) is 5.69 Å². The van der Waals surface area contributed by atoms with Crippen LogP contribution in [-0.4, -0.2) is 21.3 Å². The fourth-order valence-corrected chi connectivity index (χ4v) is 3.44. The van der Waals surface area contributed by atoms with Crippen LogP contribution in [0.3, 0.4) is 0 Å². The van der Waals surface area contributed by atoms with Crippen LogP contribution in [0.5, 0.6) is 17.2 Å². The number of rotatable bonds is 8. The van der Waals surface area contributed by atoms with Gasteiger partial charge in [0.15, 0.2) is 11.5 Å². The summed E-state index contributed by atoms with van der Waals surface area (Å²) >= 11 is 7.46. The number of anilines is 1. The Morgan fingerprint density at radius 1 is 0.759 bits per heavy atom. The van der Waals surface area contributed by atoms with Crippen LogP contribution >= 0.6 is 23.5 Å². The fraction of sp³-hybridized carbons (Fsp3) is 0.130. The maximum Gasteiger partial charge on any atom is 0.203 e. The lowest BCUT2D eigenvalue weighted by Gasteiger charge is -2.12. The molecule has 0 aromatic heterocycles. The number of benzene rings is 3. The number of ether oxygens (including phenoxy) is 3. The monoisotopic (exact) mass is 427 g/mol. The van der Waals surface area contributed by atoms with Gasteiger partial charge >= 0.3 is 0 Å². The second-order valence-corrected chi connectivity index (χ2v) is 7.39. The summed E-state index contributed by atoms with van der Waals surface area (Å²) in [7, 11) is 4.81. The first-order valence-corrected chi connectivity index (χ1v) is 10.1. The molecule has 0 atom stereocenters. The van der Waals surface area contributed by atoms with E-state index in [1.165, 1.54) is 0 Å². The molecule has 0 saturated heterocycles. The van der Waals surface area contributed by atoms with Gasteiger partial charge in [-0.25, -0.2) is 0 Å². The second kappa shape index (κ2) is 10.1. The first kappa shape index (κ1) is 21.0. The van der Waals surface area contributed by atoms with Gasteiger partial charge in [0.25, 0.3) is 0 Å². The van der Waals surface area contributed by atoms with Gasteiger partial charge in [0.1, 0.15) is 0 Å². The maximum absolute atomic E-state index is 5.91. The molecule has 0 unspecified atom stereocenters. The van der Waals surface area contributed by atoms with Gasteiger partial charge in [-0.1, -0.05) is 35.9 Å². The standard InChI is InChI=1S/C23H22ClNO3S/c1-26-21-14-17(15-22(27-2)23(21)28-3)5-4-16-6-10-19(11-7-16)25-29-20-12-8-18(24)9-13-20/h4-15,25H,1-3H3/b5-4-. The van der Waals surface area contributed by atoms with Crippen molar-refractivity contribution < 1.29 is 14.2 Å². The van der Waals surface area contributed by atoms with Crippen LogP contribution in [0.2, 0.25) is 5.02 Å². The molecule has 6 heteroatoms. The number of hydrogen-bond acceptors (Lipinski definition) is 5. The van der Waals surface area contributed by atoms with E-state index in [0.717, 1.165) is 26.7 Å². The summed E-state index contributed by atoms with van der Waals surface area (Å²) in [6.45, 7) is 0. The maximum atomic E-state index is 5.91. The SMILES string of the molecule is COc1cc(/C=C\c2ccc(NSc3ccc(Cl)cc3)cc2)cc(OC)c1OC. The number of halogens is 1. The third-order valence-corrected chi connectivity index (χ3v) is 5.26. The zero-order chi connectivity index (χ0) is 20.6. The first-order chi connectivity index (χ1) is 14.1. The van der Waals surface area contributed by atoms with Gasteiger partial charge in [-0.2, -0.15) is 0 Å². The molecule has 0 saturated carbocycles. The summed E-state index contributed by atoms with van der Waals surface area (Å²) in [5, 5.41) is 0.734. The quantitative estimate of drug-likeness (QED) is 0.321. The van der Waals surface area contributed by atoms with Crippen molar-refractivity contribution in [3.8, 4) is 17.2 Å². The Balaban J connectivity index is 1.67. The van der Waals surface area contributed by atoms with Crippen molar-refractivity contribution in [2.24, 2.45) is 0 Å². The minimum atomic E-state index is 0.584. The Morgan fingerprint density at radius 3 is 1.90 bits per heavy atom. The molecule has 0 bridgehead atoms. The lowest BCUT2D eigenvalue weighted by atomic mass is 10.1. The molecule has 3 aromatic carbocycles. The van der Waals surface area contributed by atoms with E-state index in [4.69, 9.17) is 25.8 Å². The molecular formula is C23H22ClNO3S. The van der Waals surface area contributed by atoms with Crippen LogP contribution in [0, 0.1) is 0 Å². The van der Waals surface area contributed by atoms with Crippen molar-refractivity contribution in [3.05, 3.63) is 76.8 Å². The Bertz CT molecular complexity index is 947. The summed E-state index contributed by atoms with van der Waals surface area (Å²) in [5.74, 6) is 1.84. The zero-order valence-corrected chi connectivity index (χ0v) is 18.0. The summed E-state index contributed by atoms with van der Waals surface area (Å²) in [5.41, 5.74) is 3.07. The van der Waals surface area contributed by atoms with E-state index in [9.17, 15) is 0 Å². The summed E-state index contributed by atoms with van der Waals surface area (Å²) in [4.78, 5) is 1.10. The van der Waals surface area contributed by atoms with Crippen molar-refractivity contribution in [2.75, 3.05) is 26.1 Å². The smallest absolute Gasteiger partial charge is 0.203 e. The largest absolute Gasteiger partial charge is 0.493 e. The molecule has 0 aliphatic heterocycles. The summed E-state index contributed by atoms with van der Waals surface area (Å²) in [6, 6.07) is 19.7. The van der Waals surface area contributed by atoms with E-state index in [-0.39, 0.29) is 0 Å². The molecule has 0 fully saturated rings. The Hall–Kier alpha value is -2.76. The van der Waals surface area contributed by atoms with E-state index < -0.39 is 0 Å². The molecule has 0 aliphatic carbocycles. The van der Waals surface area contributed by atoms with E-state index in [1.807, 2.05) is 60.7 Å². The van der Waals surface area contributed by atoms with Crippen LogP contribution in [0.25, 0.3) is 12.2 Å². The highest BCUT2D eigenvalue weighted by Crippen LogP contribution is 2.38. The predicted octanol–water partition coefficient (Wildman–Crippen LogP) is 6.66. The van der Waals surface area contributed by atoms with Gasteiger partial charge in [-0.05, 0) is 71.6 Å². The highest BCUT2D eigenvalue weighted by molar-refractivity contribution is 8.00. The van der Waals surface area contributed by atoms with E-state index in [0.29, 0.717) is 17.2 Å². The molecule has 150 valence electrons. The van der Waals surface area contributed by atoms with Crippen LogP contribution in [0.1, 0.15) is 11.1 Å². The van der Waals surface area contributed by atoms with E-state index >= 15 is 0 Å². The summed E-state index contributed by atoms with van der Waals surface area (Å²) < 4.78 is 19.5. The van der Waals surface area contributed by atoms with Crippen LogP contribution < -0.4 is 18.9 Å². The molecule has 0 spiro atoms. The lowest BCUT2D eigenvalue weighted by molar-refractivity contribution is 0.324.